The van der Waals surface area contributed by atoms with Crippen LogP contribution in [0.25, 0.3) is 0 Å². The molecule has 0 aromatic heterocycles. The van der Waals surface area contributed by atoms with Crippen molar-refractivity contribution in [2.45, 2.75) is 26.2 Å². The molecule has 0 heterocycles. The van der Waals surface area contributed by atoms with Gasteiger partial charge in [-0.1, -0.05) is 23.8 Å². The summed E-state index contributed by atoms with van der Waals surface area (Å²) in [7, 11) is 1.96. The summed E-state index contributed by atoms with van der Waals surface area (Å²) >= 11 is 0. The van der Waals surface area contributed by atoms with Gasteiger partial charge in [0.1, 0.15) is 0 Å². The van der Waals surface area contributed by atoms with Gasteiger partial charge in [-0.2, -0.15) is 0 Å². The van der Waals surface area contributed by atoms with Gasteiger partial charge >= 0.3 is 0 Å². The summed E-state index contributed by atoms with van der Waals surface area (Å²) in [5.41, 5.74) is 1.91. The lowest BCUT2D eigenvalue weighted by atomic mass is 10.1. The lowest BCUT2D eigenvalue weighted by molar-refractivity contribution is 0.0945. The maximum Gasteiger partial charge on any atom is 0.176 e. The zero-order chi connectivity index (χ0) is 13.4. The van der Waals surface area contributed by atoms with Crippen LogP contribution in [0.1, 0.15) is 35.2 Å². The van der Waals surface area contributed by atoms with E-state index in [0.717, 1.165) is 36.9 Å². The lowest BCUT2D eigenvalue weighted by Crippen LogP contribution is -2.27. The number of aliphatic hydroxyl groups is 1. The van der Waals surface area contributed by atoms with Crippen molar-refractivity contribution >= 4 is 5.78 Å². The van der Waals surface area contributed by atoms with Crippen LogP contribution in [-0.4, -0.2) is 42.5 Å². The van der Waals surface area contributed by atoms with E-state index in [1.165, 1.54) is 0 Å². The number of likely N-dealkylation sites (N-methyl/N-ethyl adjacent to an activating group) is 1. The topological polar surface area (TPSA) is 40.5 Å². The third-order valence-electron chi connectivity index (χ3n) is 2.95. The number of unbranched alkanes of at least 4 members (excludes halogenated alkanes) is 2. The van der Waals surface area contributed by atoms with Gasteiger partial charge in [0.15, 0.2) is 5.78 Å². The number of rotatable bonds is 8. The van der Waals surface area contributed by atoms with Gasteiger partial charge in [0.25, 0.3) is 0 Å². The van der Waals surface area contributed by atoms with E-state index in [0.29, 0.717) is 6.54 Å². The molecule has 1 aromatic carbocycles. The molecule has 100 valence electrons. The number of carbonyl (C=O) groups excluding carboxylic acids is 1. The van der Waals surface area contributed by atoms with E-state index in [-0.39, 0.29) is 12.4 Å². The maximum atomic E-state index is 12.0. The highest BCUT2D eigenvalue weighted by Gasteiger charge is 2.08. The molecule has 0 aliphatic carbocycles. The molecule has 18 heavy (non-hydrogen) atoms. The maximum absolute atomic E-state index is 12.0. The average molecular weight is 249 g/mol. The fraction of sp³-hybridized carbons (Fsp3) is 0.533. The molecule has 0 bridgehead atoms. The minimum Gasteiger partial charge on any atom is -0.396 e. The predicted octanol–water partition coefficient (Wildman–Crippen LogP) is 2.27. The number of hydrogen-bond donors (Lipinski definition) is 1. The number of Topliss-reactive ketones (excluding diaryl/α,β-unsaturated/α-hetero) is 1. The van der Waals surface area contributed by atoms with Crippen LogP contribution in [-0.2, 0) is 0 Å². The van der Waals surface area contributed by atoms with Crippen LogP contribution in [0.3, 0.4) is 0 Å². The Morgan fingerprint density at radius 1 is 1.28 bits per heavy atom. The first kappa shape index (κ1) is 14.9. The van der Waals surface area contributed by atoms with Crippen molar-refractivity contribution < 1.29 is 9.90 Å². The van der Waals surface area contributed by atoms with Gasteiger partial charge in [-0.05, 0) is 45.8 Å². The normalized spacial score (nSPS) is 10.9. The van der Waals surface area contributed by atoms with Crippen LogP contribution >= 0.6 is 0 Å². The standard InChI is InChI=1S/C15H23NO2/c1-13-7-6-8-14(11-13)15(18)12-16(2)9-4-3-5-10-17/h6-8,11,17H,3-5,9-10,12H2,1-2H3. The first-order valence-electron chi connectivity index (χ1n) is 6.52. The Morgan fingerprint density at radius 2 is 2.06 bits per heavy atom. The quantitative estimate of drug-likeness (QED) is 0.567. The average Bonchev–Trinajstić information content (AvgIpc) is 2.34. The Morgan fingerprint density at radius 3 is 2.72 bits per heavy atom. The van der Waals surface area contributed by atoms with Crippen molar-refractivity contribution in [3.63, 3.8) is 0 Å². The molecule has 0 amide bonds. The van der Waals surface area contributed by atoms with Gasteiger partial charge in [-0.15, -0.1) is 0 Å². The first-order valence-corrected chi connectivity index (χ1v) is 6.52. The molecule has 0 aliphatic rings. The summed E-state index contributed by atoms with van der Waals surface area (Å²) in [6.07, 6.45) is 2.89. The van der Waals surface area contributed by atoms with E-state index in [9.17, 15) is 4.79 Å². The van der Waals surface area contributed by atoms with Crippen molar-refractivity contribution in [1.82, 2.24) is 4.90 Å². The molecule has 0 atom stereocenters. The molecule has 1 N–H and O–H groups in total. The van der Waals surface area contributed by atoms with E-state index >= 15 is 0 Å². The molecule has 3 heteroatoms. The summed E-state index contributed by atoms with van der Waals surface area (Å²) < 4.78 is 0. The van der Waals surface area contributed by atoms with Gasteiger partial charge in [0, 0.05) is 12.2 Å². The first-order chi connectivity index (χ1) is 8.63. The number of nitrogens with zero attached hydrogens (tertiary/aromatic N) is 1. The van der Waals surface area contributed by atoms with Gasteiger partial charge in [-0.25, -0.2) is 0 Å². The third kappa shape index (κ3) is 5.43. The van der Waals surface area contributed by atoms with Crippen LogP contribution in [0.15, 0.2) is 24.3 Å². The number of benzene rings is 1. The monoisotopic (exact) mass is 249 g/mol. The summed E-state index contributed by atoms with van der Waals surface area (Å²) in [4.78, 5) is 14.1. The van der Waals surface area contributed by atoms with Crippen molar-refractivity contribution in [3.8, 4) is 0 Å². The van der Waals surface area contributed by atoms with E-state index < -0.39 is 0 Å². The van der Waals surface area contributed by atoms with Crippen LogP contribution in [0.5, 0.6) is 0 Å². The van der Waals surface area contributed by atoms with Crippen molar-refractivity contribution in [2.75, 3.05) is 26.7 Å². The van der Waals surface area contributed by atoms with Crippen molar-refractivity contribution in [2.24, 2.45) is 0 Å². The highest BCUT2D eigenvalue weighted by atomic mass is 16.2. The molecule has 0 aliphatic heterocycles. The lowest BCUT2D eigenvalue weighted by Gasteiger charge is -2.15. The van der Waals surface area contributed by atoms with Crippen LogP contribution in [0.2, 0.25) is 0 Å². The molecule has 0 saturated carbocycles. The smallest absolute Gasteiger partial charge is 0.176 e. The van der Waals surface area contributed by atoms with Gasteiger partial charge in [-0.3, -0.25) is 9.69 Å². The van der Waals surface area contributed by atoms with E-state index in [1.54, 1.807) is 0 Å². The minimum atomic E-state index is 0.170. The molecular formula is C15H23NO2. The second-order valence-corrected chi connectivity index (χ2v) is 4.81. The Kier molecular flexibility index (Phi) is 6.61. The summed E-state index contributed by atoms with van der Waals surface area (Å²) in [5.74, 6) is 0.170. The number of aliphatic hydroxyl groups excluding tert-OH is 1. The van der Waals surface area contributed by atoms with Crippen LogP contribution in [0.4, 0.5) is 0 Å². The van der Waals surface area contributed by atoms with Gasteiger partial charge in [0.05, 0.1) is 6.54 Å². The molecule has 0 unspecified atom stereocenters. The minimum absolute atomic E-state index is 0.170. The number of hydrogen-bond acceptors (Lipinski definition) is 3. The van der Waals surface area contributed by atoms with Crippen molar-refractivity contribution in [3.05, 3.63) is 35.4 Å². The van der Waals surface area contributed by atoms with E-state index in [4.69, 9.17) is 5.11 Å². The Bertz CT molecular complexity index is 377. The molecule has 0 fully saturated rings. The summed E-state index contributed by atoms with van der Waals surface area (Å²) in [6, 6.07) is 7.72. The van der Waals surface area contributed by atoms with Crippen LogP contribution < -0.4 is 0 Å². The summed E-state index contributed by atoms with van der Waals surface area (Å²) in [6.45, 7) is 3.61. The fourth-order valence-corrected chi connectivity index (χ4v) is 1.90. The second kappa shape index (κ2) is 8.01. The highest BCUT2D eigenvalue weighted by molar-refractivity contribution is 5.97. The number of carbonyl (C=O) groups is 1. The van der Waals surface area contributed by atoms with Gasteiger partial charge in [0.2, 0.25) is 0 Å². The van der Waals surface area contributed by atoms with Crippen molar-refractivity contribution in [1.29, 1.82) is 0 Å². The largest absolute Gasteiger partial charge is 0.396 e. The number of aryl methyl sites for hydroxylation is 1. The molecule has 0 saturated heterocycles. The fourth-order valence-electron chi connectivity index (χ4n) is 1.90. The molecule has 3 nitrogen and oxygen atoms in total. The Balaban J connectivity index is 2.35. The van der Waals surface area contributed by atoms with E-state index in [1.807, 2.05) is 43.1 Å². The molecule has 0 spiro atoms. The highest BCUT2D eigenvalue weighted by Crippen LogP contribution is 2.06. The second-order valence-electron chi connectivity index (χ2n) is 4.81. The van der Waals surface area contributed by atoms with Crippen LogP contribution in [0, 0.1) is 6.92 Å². The summed E-state index contributed by atoms with van der Waals surface area (Å²) in [5, 5.41) is 8.68. The number of ketones is 1. The zero-order valence-electron chi connectivity index (χ0n) is 11.4. The Labute approximate surface area is 109 Å². The predicted molar refractivity (Wildman–Crippen MR) is 73.9 cm³/mol. The Hall–Kier alpha value is -1.19. The molecule has 1 rings (SSSR count). The molecular weight excluding hydrogens is 226 g/mol. The molecule has 1 aromatic rings. The molecule has 0 radical (unpaired) electrons. The van der Waals surface area contributed by atoms with Gasteiger partial charge < -0.3 is 5.11 Å². The third-order valence-corrected chi connectivity index (χ3v) is 2.95. The van der Waals surface area contributed by atoms with E-state index in [2.05, 4.69) is 0 Å². The zero-order valence-corrected chi connectivity index (χ0v) is 11.4. The SMILES string of the molecule is Cc1cccc(C(=O)CN(C)CCCCCO)c1.